The third-order valence-electron chi connectivity index (χ3n) is 2.12. The van der Waals surface area contributed by atoms with Crippen molar-refractivity contribution in [2.75, 3.05) is 0 Å². The van der Waals surface area contributed by atoms with Crippen molar-refractivity contribution in [2.45, 2.75) is 12.7 Å². The second-order valence-electron chi connectivity index (χ2n) is 3.54. The summed E-state index contributed by atoms with van der Waals surface area (Å²) in [5.41, 5.74) is 1.00. The quantitative estimate of drug-likeness (QED) is 0.943. The molecule has 0 unspecified atom stereocenters. The molecule has 0 aliphatic carbocycles. The first kappa shape index (κ1) is 13.5. The van der Waals surface area contributed by atoms with Crippen molar-refractivity contribution < 1.29 is 18.0 Å². The first-order chi connectivity index (χ1) is 8.97. The Balaban J connectivity index is 2.01. The molecule has 19 heavy (non-hydrogen) atoms. The van der Waals surface area contributed by atoms with Gasteiger partial charge in [0.15, 0.2) is 0 Å². The molecule has 0 radical (unpaired) electrons. The molecule has 2 rings (SSSR count). The predicted molar refractivity (Wildman–Crippen MR) is 63.2 cm³/mol. The molecule has 0 aliphatic heterocycles. The molecular weight excluding hydrogens is 279 g/mol. The van der Waals surface area contributed by atoms with Crippen molar-refractivity contribution in [3.63, 3.8) is 0 Å². The van der Waals surface area contributed by atoms with E-state index < -0.39 is 12.1 Å². The van der Waals surface area contributed by atoms with Crippen molar-refractivity contribution >= 4 is 17.2 Å². The van der Waals surface area contributed by atoms with Crippen molar-refractivity contribution in [1.82, 2.24) is 15.3 Å². The lowest BCUT2D eigenvalue weighted by molar-refractivity contribution is -0.173. The number of carbonyl (C=O) groups is 1. The molecule has 0 atom stereocenters. The number of hydrogen-bond acceptors (Lipinski definition) is 4. The van der Waals surface area contributed by atoms with Crippen LogP contribution >= 0.6 is 11.3 Å². The predicted octanol–water partition coefficient (Wildman–Crippen LogP) is 2.38. The Morgan fingerprint density at radius 1 is 1.37 bits per heavy atom. The fourth-order valence-electron chi connectivity index (χ4n) is 1.27. The summed E-state index contributed by atoms with van der Waals surface area (Å²) in [5, 5.41) is 3.94. The van der Waals surface area contributed by atoms with Gasteiger partial charge in [-0.25, -0.2) is 4.98 Å². The normalized spacial score (nSPS) is 11.3. The summed E-state index contributed by atoms with van der Waals surface area (Å²) >= 11 is 1.26. The lowest BCUT2D eigenvalue weighted by atomic mass is 10.3. The van der Waals surface area contributed by atoms with Gasteiger partial charge < -0.3 is 5.32 Å². The third kappa shape index (κ3) is 3.50. The van der Waals surface area contributed by atoms with Gasteiger partial charge >= 0.3 is 12.1 Å². The summed E-state index contributed by atoms with van der Waals surface area (Å²) in [7, 11) is 0. The van der Waals surface area contributed by atoms with Crippen LogP contribution in [-0.4, -0.2) is 22.1 Å². The zero-order chi connectivity index (χ0) is 13.9. The second kappa shape index (κ2) is 5.35. The van der Waals surface area contributed by atoms with Gasteiger partial charge in [-0.1, -0.05) is 6.07 Å². The van der Waals surface area contributed by atoms with Gasteiger partial charge in [-0.05, 0) is 12.1 Å². The van der Waals surface area contributed by atoms with Crippen LogP contribution in [0, 0.1) is 0 Å². The van der Waals surface area contributed by atoms with Crippen LogP contribution in [0.4, 0.5) is 13.2 Å². The first-order valence-corrected chi connectivity index (χ1v) is 6.05. The van der Waals surface area contributed by atoms with Crippen molar-refractivity contribution in [2.24, 2.45) is 0 Å². The molecule has 8 heteroatoms. The van der Waals surface area contributed by atoms with E-state index in [0.29, 0.717) is 16.4 Å². The van der Waals surface area contributed by atoms with E-state index in [4.69, 9.17) is 0 Å². The van der Waals surface area contributed by atoms with Gasteiger partial charge in [0.05, 0.1) is 17.9 Å². The largest absolute Gasteiger partial charge is 0.471 e. The Hall–Kier alpha value is -1.96. The number of alkyl halides is 3. The minimum Gasteiger partial charge on any atom is -0.343 e. The monoisotopic (exact) mass is 287 g/mol. The fourth-order valence-corrected chi connectivity index (χ4v) is 2.06. The lowest BCUT2D eigenvalue weighted by Crippen LogP contribution is -2.36. The highest BCUT2D eigenvalue weighted by atomic mass is 32.1. The molecule has 0 saturated carbocycles. The van der Waals surface area contributed by atoms with Crippen LogP contribution in [-0.2, 0) is 11.3 Å². The summed E-state index contributed by atoms with van der Waals surface area (Å²) in [5.74, 6) is -1.97. The van der Waals surface area contributed by atoms with Crippen LogP contribution in [0.15, 0.2) is 29.8 Å². The number of nitrogens with zero attached hydrogens (tertiary/aromatic N) is 2. The van der Waals surface area contributed by atoms with Crippen LogP contribution in [0.3, 0.4) is 0 Å². The number of rotatable bonds is 3. The molecule has 0 spiro atoms. The van der Waals surface area contributed by atoms with E-state index in [0.717, 1.165) is 0 Å². The lowest BCUT2D eigenvalue weighted by Gasteiger charge is -2.05. The molecule has 100 valence electrons. The standard InChI is InChI=1S/C11H8F3N3OS/c12-11(13,14)10(18)16-5-7-6-19-9(17-7)8-3-1-2-4-15-8/h1-4,6H,5H2,(H,16,18). The van der Waals surface area contributed by atoms with Gasteiger partial charge in [0.25, 0.3) is 0 Å². The van der Waals surface area contributed by atoms with E-state index in [2.05, 4.69) is 9.97 Å². The van der Waals surface area contributed by atoms with Gasteiger partial charge in [-0.2, -0.15) is 13.2 Å². The average molecular weight is 287 g/mol. The Labute approximate surface area is 110 Å². The highest BCUT2D eigenvalue weighted by molar-refractivity contribution is 7.13. The molecule has 0 aromatic carbocycles. The number of halogens is 3. The zero-order valence-electron chi connectivity index (χ0n) is 9.44. The van der Waals surface area contributed by atoms with Crippen LogP contribution < -0.4 is 5.32 Å². The number of nitrogens with one attached hydrogen (secondary N) is 1. The van der Waals surface area contributed by atoms with Gasteiger partial charge in [-0.3, -0.25) is 9.78 Å². The van der Waals surface area contributed by atoms with Crippen LogP contribution in [0.25, 0.3) is 10.7 Å². The summed E-state index contributed by atoms with van der Waals surface area (Å²) in [6.07, 6.45) is -3.28. The highest BCUT2D eigenvalue weighted by Crippen LogP contribution is 2.21. The van der Waals surface area contributed by atoms with Crippen LogP contribution in [0.1, 0.15) is 5.69 Å². The van der Waals surface area contributed by atoms with Crippen molar-refractivity contribution in [3.05, 3.63) is 35.5 Å². The van der Waals surface area contributed by atoms with E-state index in [1.54, 1.807) is 35.1 Å². The molecule has 0 aliphatic rings. The Morgan fingerprint density at radius 2 is 2.16 bits per heavy atom. The number of carbonyl (C=O) groups excluding carboxylic acids is 1. The summed E-state index contributed by atoms with van der Waals surface area (Å²) < 4.78 is 35.9. The van der Waals surface area contributed by atoms with Crippen LogP contribution in [0.2, 0.25) is 0 Å². The molecular formula is C11H8F3N3OS. The molecule has 0 saturated heterocycles. The number of amides is 1. The van der Waals surface area contributed by atoms with Gasteiger partial charge in [-0.15, -0.1) is 11.3 Å². The minimum atomic E-state index is -4.88. The SMILES string of the molecule is O=C(NCc1csc(-c2ccccn2)n1)C(F)(F)F. The van der Waals surface area contributed by atoms with E-state index in [1.165, 1.54) is 11.3 Å². The third-order valence-corrected chi connectivity index (χ3v) is 3.04. The highest BCUT2D eigenvalue weighted by Gasteiger charge is 2.38. The van der Waals surface area contributed by atoms with Gasteiger partial charge in [0, 0.05) is 11.6 Å². The van der Waals surface area contributed by atoms with Crippen molar-refractivity contribution in [1.29, 1.82) is 0 Å². The minimum absolute atomic E-state index is 0.262. The fraction of sp³-hybridized carbons (Fsp3) is 0.182. The average Bonchev–Trinajstić information content (AvgIpc) is 2.84. The summed E-state index contributed by atoms with van der Waals surface area (Å²) in [6.45, 7) is -0.262. The Bertz CT molecular complexity index is 568. The second-order valence-corrected chi connectivity index (χ2v) is 4.40. The molecule has 1 amide bonds. The molecule has 4 nitrogen and oxygen atoms in total. The Kier molecular flexibility index (Phi) is 3.79. The van der Waals surface area contributed by atoms with Crippen molar-refractivity contribution in [3.8, 4) is 10.7 Å². The topological polar surface area (TPSA) is 54.9 Å². The molecule has 1 N–H and O–H groups in total. The zero-order valence-corrected chi connectivity index (χ0v) is 10.3. The molecule has 2 aromatic rings. The summed E-state index contributed by atoms with van der Waals surface area (Å²) in [6, 6.07) is 5.29. The molecule has 0 fully saturated rings. The molecule has 2 aromatic heterocycles. The maximum Gasteiger partial charge on any atom is 0.471 e. The molecule has 0 bridgehead atoms. The molecule has 2 heterocycles. The maximum atomic E-state index is 12.0. The number of thiazole rings is 1. The van der Waals surface area contributed by atoms with Crippen LogP contribution in [0.5, 0.6) is 0 Å². The van der Waals surface area contributed by atoms with E-state index in [1.807, 2.05) is 0 Å². The van der Waals surface area contributed by atoms with Gasteiger partial charge in [0.2, 0.25) is 0 Å². The first-order valence-electron chi connectivity index (χ1n) is 5.17. The summed E-state index contributed by atoms with van der Waals surface area (Å²) in [4.78, 5) is 18.8. The smallest absolute Gasteiger partial charge is 0.343 e. The van der Waals surface area contributed by atoms with Gasteiger partial charge in [0.1, 0.15) is 5.01 Å². The number of aromatic nitrogens is 2. The number of hydrogen-bond donors (Lipinski definition) is 1. The van der Waals surface area contributed by atoms with E-state index in [-0.39, 0.29) is 6.54 Å². The van der Waals surface area contributed by atoms with E-state index in [9.17, 15) is 18.0 Å². The van der Waals surface area contributed by atoms with E-state index >= 15 is 0 Å². The Morgan fingerprint density at radius 3 is 2.79 bits per heavy atom. The maximum absolute atomic E-state index is 12.0. The number of pyridine rings is 1.